The van der Waals surface area contributed by atoms with Gasteiger partial charge in [0.25, 0.3) is 0 Å². The SMILES string of the molecule is CN[C@@H]1[C@H](O[C@H]2[C@H](O[C@H]3[C@H](O)[C@@H](O)[C@H](N=C(N)N)[C@H](O)[C@@H]3N=C(N)N)O[C@@H](C)[C@]2(O)C=O)O[C@@H](CO)[C@H](O)[C@H]1O. The van der Waals surface area contributed by atoms with Gasteiger partial charge in [0.2, 0.25) is 0 Å². The highest BCUT2D eigenvalue weighted by molar-refractivity contribution is 5.76. The molecular formula is C21H39N7O12. The van der Waals surface area contributed by atoms with Crippen LogP contribution in [0.15, 0.2) is 9.98 Å². The van der Waals surface area contributed by atoms with E-state index in [2.05, 4.69) is 15.3 Å². The molecule has 40 heavy (non-hydrogen) atoms. The predicted octanol–water partition coefficient (Wildman–Crippen LogP) is -8.16. The number of likely N-dealkylation sites (N-methyl/N-ethyl adjacent to an activating group) is 1. The lowest BCUT2D eigenvalue weighted by molar-refractivity contribution is -0.314. The van der Waals surface area contributed by atoms with Crippen LogP contribution in [0.4, 0.5) is 0 Å². The van der Waals surface area contributed by atoms with Gasteiger partial charge < -0.3 is 82.9 Å². The van der Waals surface area contributed by atoms with Crippen molar-refractivity contribution in [2.75, 3.05) is 13.7 Å². The van der Waals surface area contributed by atoms with Crippen molar-refractivity contribution in [1.82, 2.24) is 5.32 Å². The smallest absolute Gasteiger partial charge is 0.188 e. The molecular weight excluding hydrogens is 542 g/mol. The Morgan fingerprint density at radius 3 is 2.02 bits per heavy atom. The van der Waals surface area contributed by atoms with E-state index in [4.69, 9.17) is 41.9 Å². The van der Waals surface area contributed by atoms with E-state index < -0.39 is 110 Å². The Hall–Kier alpha value is -2.27. The summed E-state index contributed by atoms with van der Waals surface area (Å²) in [6.45, 7) is 0.620. The normalized spacial score (nSPS) is 47.4. The first-order chi connectivity index (χ1) is 18.7. The molecule has 19 nitrogen and oxygen atoms in total. The molecule has 0 amide bonds. The Bertz CT molecular complexity index is 940. The van der Waals surface area contributed by atoms with E-state index in [0.717, 1.165) is 0 Å². The molecule has 19 heteroatoms. The lowest BCUT2D eigenvalue weighted by Crippen LogP contribution is -2.66. The summed E-state index contributed by atoms with van der Waals surface area (Å²) in [5.41, 5.74) is 19.4. The average molecular weight is 582 g/mol. The fourth-order valence-corrected chi connectivity index (χ4v) is 5.08. The van der Waals surface area contributed by atoms with E-state index in [9.17, 15) is 40.5 Å². The number of ether oxygens (including phenoxy) is 4. The Morgan fingerprint density at radius 2 is 1.50 bits per heavy atom. The van der Waals surface area contributed by atoms with Crippen molar-refractivity contribution in [3.05, 3.63) is 0 Å². The fraction of sp³-hybridized carbons (Fsp3) is 0.857. The van der Waals surface area contributed by atoms with Crippen LogP contribution in [0.5, 0.6) is 0 Å². The van der Waals surface area contributed by atoms with E-state index in [1.54, 1.807) is 0 Å². The second-order valence-electron chi connectivity index (χ2n) is 9.89. The van der Waals surface area contributed by atoms with Gasteiger partial charge in [0.15, 0.2) is 36.4 Å². The van der Waals surface area contributed by atoms with Crippen molar-refractivity contribution < 1.29 is 59.5 Å². The van der Waals surface area contributed by atoms with Crippen molar-refractivity contribution in [3.63, 3.8) is 0 Å². The van der Waals surface area contributed by atoms with Crippen molar-refractivity contribution in [1.29, 1.82) is 0 Å². The molecule has 0 aromatic carbocycles. The van der Waals surface area contributed by atoms with Gasteiger partial charge in [-0.15, -0.1) is 0 Å². The number of hydrogen-bond donors (Lipinski definition) is 12. The molecule has 0 spiro atoms. The maximum atomic E-state index is 12.1. The number of aldehydes is 1. The fourth-order valence-electron chi connectivity index (χ4n) is 5.08. The summed E-state index contributed by atoms with van der Waals surface area (Å²) in [6, 6.07) is -4.08. The van der Waals surface area contributed by atoms with E-state index in [1.807, 2.05) is 0 Å². The minimum Gasteiger partial charge on any atom is -0.394 e. The van der Waals surface area contributed by atoms with Crippen molar-refractivity contribution in [2.24, 2.45) is 32.9 Å². The molecule has 1 saturated carbocycles. The number of aliphatic hydroxyl groups is 7. The minimum absolute atomic E-state index is 0.140. The highest BCUT2D eigenvalue weighted by atomic mass is 16.8. The number of carbonyl (C=O) groups excluding carboxylic acids is 1. The van der Waals surface area contributed by atoms with Crippen LogP contribution in [0.2, 0.25) is 0 Å². The number of aliphatic imine (C=N–C) groups is 2. The van der Waals surface area contributed by atoms with Gasteiger partial charge in [-0.25, -0.2) is 9.98 Å². The third-order valence-electron chi connectivity index (χ3n) is 7.34. The Morgan fingerprint density at radius 1 is 0.900 bits per heavy atom. The molecule has 2 aliphatic heterocycles. The Labute approximate surface area is 228 Å². The molecule has 3 fully saturated rings. The molecule has 16 N–H and O–H groups in total. The highest BCUT2D eigenvalue weighted by Crippen LogP contribution is 2.38. The molecule has 3 aliphatic rings. The molecule has 2 saturated heterocycles. The third kappa shape index (κ3) is 6.00. The largest absolute Gasteiger partial charge is 0.394 e. The van der Waals surface area contributed by atoms with Crippen LogP contribution in [-0.4, -0.2) is 159 Å². The summed E-state index contributed by atoms with van der Waals surface area (Å²) in [7, 11) is 1.42. The molecule has 0 bridgehead atoms. The second-order valence-corrected chi connectivity index (χ2v) is 9.89. The van der Waals surface area contributed by atoms with E-state index >= 15 is 0 Å². The molecule has 0 unspecified atom stereocenters. The topological polar surface area (TPSA) is 336 Å². The molecule has 0 aromatic rings. The summed E-state index contributed by atoms with van der Waals surface area (Å²) in [5.74, 6) is -1.03. The van der Waals surface area contributed by atoms with Gasteiger partial charge in [-0.1, -0.05) is 0 Å². The quantitative estimate of drug-likeness (QED) is 0.0682. The van der Waals surface area contributed by atoms with E-state index in [1.165, 1.54) is 14.0 Å². The zero-order valence-electron chi connectivity index (χ0n) is 21.7. The van der Waals surface area contributed by atoms with Gasteiger partial charge in [0.05, 0.1) is 18.8 Å². The summed E-state index contributed by atoms with van der Waals surface area (Å²) >= 11 is 0. The zero-order chi connectivity index (χ0) is 30.1. The number of rotatable bonds is 9. The Balaban J connectivity index is 1.96. The molecule has 2 heterocycles. The van der Waals surface area contributed by atoms with Gasteiger partial charge in [-0.2, -0.15) is 0 Å². The molecule has 3 rings (SSSR count). The predicted molar refractivity (Wildman–Crippen MR) is 133 cm³/mol. The molecule has 0 aromatic heterocycles. The number of nitrogens with one attached hydrogen (secondary N) is 1. The van der Waals surface area contributed by atoms with Crippen LogP contribution in [0.25, 0.3) is 0 Å². The van der Waals surface area contributed by atoms with Crippen LogP contribution in [0.3, 0.4) is 0 Å². The molecule has 1 aliphatic carbocycles. The molecule has 0 radical (unpaired) electrons. The lowest BCUT2D eigenvalue weighted by atomic mass is 9.81. The first-order valence-electron chi connectivity index (χ1n) is 12.4. The average Bonchev–Trinajstić information content (AvgIpc) is 3.13. The van der Waals surface area contributed by atoms with Gasteiger partial charge in [0.1, 0.15) is 60.9 Å². The highest BCUT2D eigenvalue weighted by Gasteiger charge is 2.60. The summed E-state index contributed by atoms with van der Waals surface area (Å²) in [4.78, 5) is 19.7. The number of nitrogens with zero attached hydrogens (tertiary/aromatic N) is 2. The summed E-state index contributed by atoms with van der Waals surface area (Å²) < 4.78 is 22.9. The molecule has 230 valence electrons. The molecule has 15 atom stereocenters. The second kappa shape index (κ2) is 12.7. The number of hydrogen-bond acceptors (Lipinski definition) is 15. The minimum atomic E-state index is -2.38. The lowest BCUT2D eigenvalue weighted by Gasteiger charge is -2.45. The number of guanidine groups is 2. The number of aliphatic hydroxyl groups excluding tert-OH is 6. The number of carbonyl (C=O) groups is 1. The van der Waals surface area contributed by atoms with E-state index in [-0.39, 0.29) is 6.29 Å². The van der Waals surface area contributed by atoms with Gasteiger partial charge in [-0.05, 0) is 14.0 Å². The zero-order valence-corrected chi connectivity index (χ0v) is 21.7. The first kappa shape index (κ1) is 32.2. The third-order valence-corrected chi connectivity index (χ3v) is 7.34. The Kier molecular flexibility index (Phi) is 10.2. The van der Waals surface area contributed by atoms with E-state index in [0.29, 0.717) is 0 Å². The van der Waals surface area contributed by atoms with Crippen LogP contribution in [0, 0.1) is 0 Å². The number of nitrogens with two attached hydrogens (primary N) is 4. The monoisotopic (exact) mass is 581 g/mol. The van der Waals surface area contributed by atoms with Crippen LogP contribution in [0.1, 0.15) is 6.92 Å². The maximum Gasteiger partial charge on any atom is 0.188 e. The van der Waals surface area contributed by atoms with Gasteiger partial charge in [-0.3, -0.25) is 4.79 Å². The van der Waals surface area contributed by atoms with Crippen LogP contribution in [-0.2, 0) is 23.7 Å². The van der Waals surface area contributed by atoms with Crippen molar-refractivity contribution >= 4 is 18.2 Å². The maximum absolute atomic E-state index is 12.1. The first-order valence-corrected chi connectivity index (χ1v) is 12.4. The summed E-state index contributed by atoms with van der Waals surface area (Å²) in [6.07, 6.45) is -17.3. The standard InChI is InChI=1S/C21H39N7O12/c1-5-21(36,4-30)16(40-17-9(26-2)13(34)10(31)6(3-29)38-17)18(37-5)39-15-8(28-20(24)25)11(32)7(27-19(22)23)12(33)14(15)35/h4-18,26,29,31-36H,3H2,1-2H3,(H4,22,23,27)(H4,24,25,28)/t5-,6-,7+,8-,9-,10-,11-,12-,13-,14+,15+,16-,17-,18-,21+/m0/s1. The van der Waals surface area contributed by atoms with Crippen molar-refractivity contribution in [2.45, 2.75) is 98.2 Å². The summed E-state index contributed by atoms with van der Waals surface area (Å²) in [5, 5.41) is 76.6. The van der Waals surface area contributed by atoms with Crippen LogP contribution >= 0.6 is 0 Å². The van der Waals surface area contributed by atoms with Crippen molar-refractivity contribution in [3.8, 4) is 0 Å². The van der Waals surface area contributed by atoms with Crippen LogP contribution < -0.4 is 28.3 Å². The van der Waals surface area contributed by atoms with Gasteiger partial charge in [0, 0.05) is 0 Å². The van der Waals surface area contributed by atoms with Gasteiger partial charge >= 0.3 is 0 Å².